The second-order valence-electron chi connectivity index (χ2n) is 4.25. The lowest BCUT2D eigenvalue weighted by molar-refractivity contribution is -0.137. The van der Waals surface area contributed by atoms with E-state index in [2.05, 4.69) is 10.3 Å². The third-order valence-electron chi connectivity index (χ3n) is 2.79. The summed E-state index contributed by atoms with van der Waals surface area (Å²) in [6.45, 7) is 0.391. The predicted molar refractivity (Wildman–Crippen MR) is 74.6 cm³/mol. The van der Waals surface area contributed by atoms with Crippen molar-refractivity contribution in [2.45, 2.75) is 12.7 Å². The lowest BCUT2D eigenvalue weighted by Gasteiger charge is -2.12. The first-order valence-corrected chi connectivity index (χ1v) is 6.37. The van der Waals surface area contributed by atoms with Gasteiger partial charge in [0.1, 0.15) is 0 Å². The number of nitrogens with one attached hydrogen (secondary N) is 1. The van der Waals surface area contributed by atoms with Gasteiger partial charge in [0.15, 0.2) is 0 Å². The minimum absolute atomic E-state index is 0.0197. The van der Waals surface area contributed by atoms with Crippen LogP contribution >= 0.6 is 11.6 Å². The number of methoxy groups -OCH3 is 1. The average Bonchev–Trinajstić information content (AvgIpc) is 2.45. The monoisotopic (exact) mass is 316 g/mol. The average molecular weight is 317 g/mol. The molecule has 2 rings (SSSR count). The topological polar surface area (TPSA) is 34.1 Å². The molecule has 7 heteroatoms. The van der Waals surface area contributed by atoms with Gasteiger partial charge in [-0.05, 0) is 23.8 Å². The van der Waals surface area contributed by atoms with Crippen molar-refractivity contribution < 1.29 is 17.9 Å². The van der Waals surface area contributed by atoms with Gasteiger partial charge in [0.05, 0.1) is 23.4 Å². The van der Waals surface area contributed by atoms with Crippen LogP contribution in [0.5, 0.6) is 5.88 Å². The molecule has 0 radical (unpaired) electrons. The Morgan fingerprint density at radius 2 is 2.00 bits per heavy atom. The Bertz CT molecular complexity index is 615. The molecule has 0 aliphatic carbocycles. The summed E-state index contributed by atoms with van der Waals surface area (Å²) in [6.07, 6.45) is -2.79. The van der Waals surface area contributed by atoms with E-state index >= 15 is 0 Å². The van der Waals surface area contributed by atoms with Gasteiger partial charge >= 0.3 is 6.18 Å². The first-order chi connectivity index (χ1) is 9.90. The number of rotatable bonds is 4. The van der Waals surface area contributed by atoms with Gasteiger partial charge < -0.3 is 10.1 Å². The van der Waals surface area contributed by atoms with Crippen LogP contribution < -0.4 is 10.1 Å². The van der Waals surface area contributed by atoms with E-state index in [1.165, 1.54) is 13.2 Å². The van der Waals surface area contributed by atoms with Gasteiger partial charge in [0.2, 0.25) is 5.88 Å². The van der Waals surface area contributed by atoms with Gasteiger partial charge in [0.25, 0.3) is 0 Å². The van der Waals surface area contributed by atoms with Crippen LogP contribution in [0.4, 0.5) is 18.9 Å². The van der Waals surface area contributed by atoms with Crippen LogP contribution in [0.15, 0.2) is 36.5 Å². The fourth-order valence-electron chi connectivity index (χ4n) is 1.67. The summed E-state index contributed by atoms with van der Waals surface area (Å²) in [6, 6.07) is 6.70. The van der Waals surface area contributed by atoms with Gasteiger partial charge in [-0.25, -0.2) is 4.98 Å². The van der Waals surface area contributed by atoms with Gasteiger partial charge in [-0.15, -0.1) is 0 Å². The van der Waals surface area contributed by atoms with E-state index in [1.807, 2.05) is 0 Å². The largest absolute Gasteiger partial charge is 0.481 e. The van der Waals surface area contributed by atoms with Crippen molar-refractivity contribution in [1.82, 2.24) is 4.98 Å². The number of aromatic nitrogens is 1. The summed E-state index contributed by atoms with van der Waals surface area (Å²) in [5, 5.41) is 2.98. The summed E-state index contributed by atoms with van der Waals surface area (Å²) in [4.78, 5) is 4.03. The molecular formula is C14H12ClF3N2O. The van der Waals surface area contributed by atoms with E-state index in [4.69, 9.17) is 16.3 Å². The Kier molecular flexibility index (Phi) is 4.57. The number of ether oxygens (including phenoxy) is 1. The second kappa shape index (κ2) is 6.22. The Morgan fingerprint density at radius 1 is 1.24 bits per heavy atom. The molecule has 0 unspecified atom stereocenters. The molecule has 1 aromatic carbocycles. The maximum atomic E-state index is 12.5. The zero-order valence-corrected chi connectivity index (χ0v) is 11.8. The number of nitrogens with zero attached hydrogens (tertiary/aromatic N) is 1. The maximum absolute atomic E-state index is 12.5. The number of hydrogen-bond acceptors (Lipinski definition) is 3. The van der Waals surface area contributed by atoms with Crippen LogP contribution in [0.25, 0.3) is 0 Å². The van der Waals surface area contributed by atoms with Crippen LogP contribution in [0.2, 0.25) is 5.02 Å². The molecule has 0 spiro atoms. The highest BCUT2D eigenvalue weighted by atomic mass is 35.5. The Morgan fingerprint density at radius 3 is 2.52 bits per heavy atom. The fraction of sp³-hybridized carbons (Fsp3) is 0.214. The third-order valence-corrected chi connectivity index (χ3v) is 3.10. The smallest absolute Gasteiger partial charge is 0.416 e. The maximum Gasteiger partial charge on any atom is 0.416 e. The van der Waals surface area contributed by atoms with E-state index in [9.17, 15) is 13.2 Å². The molecule has 3 nitrogen and oxygen atoms in total. The number of benzene rings is 1. The summed E-state index contributed by atoms with van der Waals surface area (Å²) < 4.78 is 42.5. The lowest BCUT2D eigenvalue weighted by Crippen LogP contribution is -2.06. The number of alkyl halides is 3. The summed E-state index contributed by atoms with van der Waals surface area (Å²) in [7, 11) is 1.52. The Labute approximate surface area is 124 Å². The summed E-state index contributed by atoms with van der Waals surface area (Å²) in [5.41, 5.74) is 0.511. The third kappa shape index (κ3) is 4.01. The highest BCUT2D eigenvalue weighted by molar-refractivity contribution is 6.33. The molecule has 2 aromatic rings. The van der Waals surface area contributed by atoms with Crippen molar-refractivity contribution in [3.05, 3.63) is 52.7 Å². The standard InChI is InChI=1S/C14H12ClF3N2O/c1-21-13-5-2-9(8-20-13)7-19-12-4-3-10(6-11(12)15)14(16,17)18/h2-6,8,19H,7H2,1H3. The minimum atomic E-state index is -4.40. The first kappa shape index (κ1) is 15.4. The highest BCUT2D eigenvalue weighted by Crippen LogP contribution is 2.33. The molecular weight excluding hydrogens is 305 g/mol. The number of halogens is 4. The first-order valence-electron chi connectivity index (χ1n) is 5.99. The summed E-state index contributed by atoms with van der Waals surface area (Å²) in [5.74, 6) is 0.492. The van der Waals surface area contributed by atoms with Crippen LogP contribution in [0.1, 0.15) is 11.1 Å². The number of pyridine rings is 1. The summed E-state index contributed by atoms with van der Waals surface area (Å²) >= 11 is 5.85. The van der Waals surface area contributed by atoms with Crippen LogP contribution in [0, 0.1) is 0 Å². The molecule has 0 aliphatic rings. The SMILES string of the molecule is COc1ccc(CNc2ccc(C(F)(F)F)cc2Cl)cn1. The van der Waals surface area contributed by atoms with Crippen molar-refractivity contribution >= 4 is 17.3 Å². The van der Waals surface area contributed by atoms with Crippen molar-refractivity contribution in [2.24, 2.45) is 0 Å². The zero-order chi connectivity index (χ0) is 15.5. The normalized spacial score (nSPS) is 11.3. The molecule has 1 N–H and O–H groups in total. The van der Waals surface area contributed by atoms with Crippen molar-refractivity contribution in [2.75, 3.05) is 12.4 Å². The quantitative estimate of drug-likeness (QED) is 0.909. The van der Waals surface area contributed by atoms with Crippen LogP contribution in [-0.2, 0) is 12.7 Å². The van der Waals surface area contributed by atoms with E-state index in [1.54, 1.807) is 18.3 Å². The molecule has 0 fully saturated rings. The Balaban J connectivity index is 2.06. The lowest BCUT2D eigenvalue weighted by atomic mass is 10.2. The van der Waals surface area contributed by atoms with Crippen LogP contribution in [-0.4, -0.2) is 12.1 Å². The Hall–Kier alpha value is -1.95. The fourth-order valence-corrected chi connectivity index (χ4v) is 1.92. The van der Waals surface area contributed by atoms with Crippen molar-refractivity contribution in [1.29, 1.82) is 0 Å². The van der Waals surface area contributed by atoms with Gasteiger partial charge in [-0.1, -0.05) is 17.7 Å². The molecule has 0 atom stereocenters. The van der Waals surface area contributed by atoms with E-state index in [0.717, 1.165) is 17.7 Å². The highest BCUT2D eigenvalue weighted by Gasteiger charge is 2.30. The molecule has 0 saturated heterocycles. The molecule has 112 valence electrons. The second-order valence-corrected chi connectivity index (χ2v) is 4.66. The van der Waals surface area contributed by atoms with Crippen LogP contribution in [0.3, 0.4) is 0 Å². The number of hydrogen-bond donors (Lipinski definition) is 1. The van der Waals surface area contributed by atoms with Gasteiger partial charge in [-0.3, -0.25) is 0 Å². The van der Waals surface area contributed by atoms with Gasteiger partial charge in [0, 0.05) is 18.8 Å². The molecule has 21 heavy (non-hydrogen) atoms. The van der Waals surface area contributed by atoms with E-state index in [0.29, 0.717) is 18.1 Å². The molecule has 1 heterocycles. The zero-order valence-electron chi connectivity index (χ0n) is 11.0. The van der Waals surface area contributed by atoms with Gasteiger partial charge in [-0.2, -0.15) is 13.2 Å². The van der Waals surface area contributed by atoms with E-state index in [-0.39, 0.29) is 5.02 Å². The molecule has 0 aliphatic heterocycles. The van der Waals surface area contributed by atoms with Crippen molar-refractivity contribution in [3.63, 3.8) is 0 Å². The molecule has 0 bridgehead atoms. The molecule has 0 saturated carbocycles. The van der Waals surface area contributed by atoms with E-state index < -0.39 is 11.7 Å². The predicted octanol–water partition coefficient (Wildman–Crippen LogP) is 4.37. The van der Waals surface area contributed by atoms with Crippen molar-refractivity contribution in [3.8, 4) is 5.88 Å². The number of anilines is 1. The molecule has 1 aromatic heterocycles. The molecule has 0 amide bonds. The minimum Gasteiger partial charge on any atom is -0.481 e.